The Morgan fingerprint density at radius 2 is 2.00 bits per heavy atom. The zero-order valence-corrected chi connectivity index (χ0v) is 18.0. The van der Waals surface area contributed by atoms with Crippen molar-refractivity contribution in [1.29, 1.82) is 0 Å². The molecule has 2 unspecified atom stereocenters. The van der Waals surface area contributed by atoms with Gasteiger partial charge in [0.1, 0.15) is 11.4 Å². The molecule has 6 nitrogen and oxygen atoms in total. The zero-order chi connectivity index (χ0) is 20.2. The van der Waals surface area contributed by atoms with Gasteiger partial charge in [-0.1, -0.05) is 37.3 Å². The number of piperidine rings is 1. The van der Waals surface area contributed by atoms with Gasteiger partial charge in [-0.15, -0.1) is 12.4 Å². The van der Waals surface area contributed by atoms with E-state index in [1.165, 1.54) is 0 Å². The van der Waals surface area contributed by atoms with Gasteiger partial charge in [0.15, 0.2) is 0 Å². The van der Waals surface area contributed by atoms with E-state index in [0.717, 1.165) is 36.5 Å². The Labute approximate surface area is 183 Å². The first-order chi connectivity index (χ1) is 14.2. The van der Waals surface area contributed by atoms with Crippen LogP contribution in [0, 0.1) is 5.92 Å². The summed E-state index contributed by atoms with van der Waals surface area (Å²) in [5.41, 5.74) is 2.97. The minimum Gasteiger partial charge on any atom is -0.497 e. The SMILES string of the molecule is COc1cccc(-c2nn(-c3ccccc3)cc2C(=O)NC2CCNCC2C)c1.Cl. The van der Waals surface area contributed by atoms with Crippen molar-refractivity contribution in [3.63, 3.8) is 0 Å². The number of carbonyl (C=O) groups excluding carboxylic acids is 1. The predicted molar refractivity (Wildman–Crippen MR) is 121 cm³/mol. The van der Waals surface area contributed by atoms with Crippen molar-refractivity contribution in [2.45, 2.75) is 19.4 Å². The number of methoxy groups -OCH3 is 1. The van der Waals surface area contributed by atoms with Crippen LogP contribution in [0.4, 0.5) is 0 Å². The Hall–Kier alpha value is -2.83. The summed E-state index contributed by atoms with van der Waals surface area (Å²) in [6.45, 7) is 3.99. The minimum absolute atomic E-state index is 0. The summed E-state index contributed by atoms with van der Waals surface area (Å²) < 4.78 is 7.12. The van der Waals surface area contributed by atoms with Crippen molar-refractivity contribution < 1.29 is 9.53 Å². The van der Waals surface area contributed by atoms with Crippen molar-refractivity contribution in [3.05, 3.63) is 66.4 Å². The summed E-state index contributed by atoms with van der Waals surface area (Å²) in [5, 5.41) is 11.3. The molecule has 2 atom stereocenters. The lowest BCUT2D eigenvalue weighted by Gasteiger charge is -2.30. The first-order valence-electron chi connectivity index (χ1n) is 9.97. The summed E-state index contributed by atoms with van der Waals surface area (Å²) >= 11 is 0. The summed E-state index contributed by atoms with van der Waals surface area (Å²) in [6.07, 6.45) is 2.74. The summed E-state index contributed by atoms with van der Waals surface area (Å²) in [6, 6.07) is 17.6. The van der Waals surface area contributed by atoms with Gasteiger partial charge in [0.25, 0.3) is 5.91 Å². The van der Waals surface area contributed by atoms with Crippen molar-refractivity contribution in [2.24, 2.45) is 5.92 Å². The third kappa shape index (κ3) is 4.66. The lowest BCUT2D eigenvalue weighted by molar-refractivity contribution is 0.0915. The lowest BCUT2D eigenvalue weighted by atomic mass is 9.95. The number of para-hydroxylation sites is 1. The number of hydrogen-bond acceptors (Lipinski definition) is 4. The molecular weight excluding hydrogens is 400 g/mol. The minimum atomic E-state index is -0.0937. The number of hydrogen-bond donors (Lipinski definition) is 2. The number of rotatable bonds is 5. The fourth-order valence-corrected chi connectivity index (χ4v) is 3.71. The van der Waals surface area contributed by atoms with Crippen molar-refractivity contribution in [2.75, 3.05) is 20.2 Å². The van der Waals surface area contributed by atoms with Crippen LogP contribution in [-0.2, 0) is 0 Å². The average Bonchev–Trinajstić information content (AvgIpc) is 3.22. The van der Waals surface area contributed by atoms with Crippen LogP contribution in [-0.4, -0.2) is 41.9 Å². The highest BCUT2D eigenvalue weighted by molar-refractivity contribution is 6.00. The number of amides is 1. The smallest absolute Gasteiger partial charge is 0.255 e. The van der Waals surface area contributed by atoms with E-state index in [4.69, 9.17) is 9.84 Å². The third-order valence-corrected chi connectivity index (χ3v) is 5.42. The molecule has 0 spiro atoms. The summed E-state index contributed by atoms with van der Waals surface area (Å²) in [5.74, 6) is 1.02. The highest BCUT2D eigenvalue weighted by Crippen LogP contribution is 2.27. The quantitative estimate of drug-likeness (QED) is 0.652. The van der Waals surface area contributed by atoms with E-state index in [1.54, 1.807) is 11.8 Å². The van der Waals surface area contributed by atoms with Gasteiger partial charge in [-0.2, -0.15) is 5.10 Å². The van der Waals surface area contributed by atoms with Crippen LogP contribution in [0.3, 0.4) is 0 Å². The van der Waals surface area contributed by atoms with Crippen molar-refractivity contribution in [1.82, 2.24) is 20.4 Å². The van der Waals surface area contributed by atoms with Crippen molar-refractivity contribution in [3.8, 4) is 22.7 Å². The highest BCUT2D eigenvalue weighted by Gasteiger charge is 2.26. The van der Waals surface area contributed by atoms with E-state index in [9.17, 15) is 4.79 Å². The standard InChI is InChI=1S/C23H26N4O2.ClH/c1-16-14-24-12-11-21(16)25-23(28)20-15-27(18-8-4-3-5-9-18)26-22(20)17-7-6-10-19(13-17)29-2;/h3-10,13,15-16,21,24H,11-12,14H2,1-2H3,(H,25,28);1H. The number of aromatic nitrogens is 2. The molecule has 2 heterocycles. The Morgan fingerprint density at radius 1 is 1.20 bits per heavy atom. The average molecular weight is 427 g/mol. The van der Waals surface area contributed by atoms with Gasteiger partial charge in [-0.05, 0) is 49.7 Å². The Bertz CT molecular complexity index is 990. The zero-order valence-electron chi connectivity index (χ0n) is 17.2. The molecule has 0 bridgehead atoms. The largest absolute Gasteiger partial charge is 0.497 e. The Morgan fingerprint density at radius 3 is 2.73 bits per heavy atom. The molecule has 1 amide bonds. The number of carbonyl (C=O) groups is 1. The lowest BCUT2D eigenvalue weighted by Crippen LogP contribution is -2.48. The van der Waals surface area contributed by atoms with Crippen LogP contribution in [0.5, 0.6) is 5.75 Å². The summed E-state index contributed by atoms with van der Waals surface area (Å²) in [7, 11) is 1.63. The van der Waals surface area contributed by atoms with Gasteiger partial charge in [-0.25, -0.2) is 4.68 Å². The summed E-state index contributed by atoms with van der Waals surface area (Å²) in [4.78, 5) is 13.2. The van der Waals surface area contributed by atoms with E-state index in [-0.39, 0.29) is 24.4 Å². The molecule has 3 aromatic rings. The van der Waals surface area contributed by atoms with Crippen LogP contribution in [0.15, 0.2) is 60.8 Å². The van der Waals surface area contributed by atoms with Crippen LogP contribution in [0.1, 0.15) is 23.7 Å². The molecule has 0 saturated carbocycles. The Balaban J connectivity index is 0.00000256. The van der Waals surface area contributed by atoms with Gasteiger partial charge < -0.3 is 15.4 Å². The maximum absolute atomic E-state index is 13.2. The first kappa shape index (κ1) is 21.9. The molecular formula is C23H27ClN4O2. The molecule has 0 radical (unpaired) electrons. The number of benzene rings is 2. The number of halogens is 1. The topological polar surface area (TPSA) is 68.2 Å². The highest BCUT2D eigenvalue weighted by atomic mass is 35.5. The second-order valence-electron chi connectivity index (χ2n) is 7.45. The van der Waals surface area contributed by atoms with E-state index in [2.05, 4.69) is 17.6 Å². The molecule has 1 fully saturated rings. The fraction of sp³-hybridized carbons (Fsp3) is 0.304. The number of nitrogens with one attached hydrogen (secondary N) is 2. The second kappa shape index (κ2) is 9.78. The normalized spacial score (nSPS) is 18.3. The second-order valence-corrected chi connectivity index (χ2v) is 7.45. The molecule has 1 aliphatic rings. The molecule has 4 rings (SSSR count). The molecule has 1 aliphatic heterocycles. The third-order valence-electron chi connectivity index (χ3n) is 5.42. The molecule has 0 aliphatic carbocycles. The van der Waals surface area contributed by atoms with E-state index < -0.39 is 0 Å². The van der Waals surface area contributed by atoms with Crippen LogP contribution in [0.25, 0.3) is 16.9 Å². The molecule has 158 valence electrons. The van der Waals surface area contributed by atoms with E-state index in [0.29, 0.717) is 17.2 Å². The van der Waals surface area contributed by atoms with Gasteiger partial charge in [0.2, 0.25) is 0 Å². The van der Waals surface area contributed by atoms with Gasteiger partial charge in [-0.3, -0.25) is 4.79 Å². The molecule has 30 heavy (non-hydrogen) atoms. The first-order valence-corrected chi connectivity index (χ1v) is 9.97. The number of ether oxygens (including phenoxy) is 1. The predicted octanol–water partition coefficient (Wildman–Crippen LogP) is 3.70. The monoisotopic (exact) mass is 426 g/mol. The van der Waals surface area contributed by atoms with Gasteiger partial charge in [0.05, 0.1) is 18.4 Å². The Kier molecular flexibility index (Phi) is 7.13. The number of nitrogens with zero attached hydrogens (tertiary/aromatic N) is 2. The van der Waals surface area contributed by atoms with Crippen LogP contribution >= 0.6 is 12.4 Å². The van der Waals surface area contributed by atoms with Crippen molar-refractivity contribution >= 4 is 18.3 Å². The van der Waals surface area contributed by atoms with Crippen LogP contribution < -0.4 is 15.4 Å². The molecule has 2 N–H and O–H groups in total. The van der Waals surface area contributed by atoms with Crippen LogP contribution in [0.2, 0.25) is 0 Å². The van der Waals surface area contributed by atoms with E-state index in [1.807, 2.05) is 60.8 Å². The molecule has 1 saturated heterocycles. The van der Waals surface area contributed by atoms with E-state index >= 15 is 0 Å². The molecule has 2 aromatic carbocycles. The maximum Gasteiger partial charge on any atom is 0.255 e. The molecule has 7 heteroatoms. The van der Waals surface area contributed by atoms with Gasteiger partial charge in [0, 0.05) is 17.8 Å². The molecule has 1 aromatic heterocycles. The maximum atomic E-state index is 13.2. The fourth-order valence-electron chi connectivity index (χ4n) is 3.71. The van der Waals surface area contributed by atoms with Gasteiger partial charge >= 0.3 is 0 Å².